The molecular formula is C29H31N3O5. The number of rotatable bonds is 7. The minimum Gasteiger partial charge on any atom is -0.507 e. The Labute approximate surface area is 216 Å². The maximum absolute atomic E-state index is 13.5. The molecule has 1 atom stereocenters. The van der Waals surface area contributed by atoms with Crippen LogP contribution in [0.4, 0.5) is 17.1 Å². The second-order valence-electron chi connectivity index (χ2n) is 9.13. The van der Waals surface area contributed by atoms with Crippen LogP contribution in [0, 0.1) is 0 Å². The van der Waals surface area contributed by atoms with Crippen LogP contribution in [0.1, 0.15) is 17.2 Å². The second-order valence-corrected chi connectivity index (χ2v) is 9.13. The molecule has 0 radical (unpaired) electrons. The fourth-order valence-electron chi connectivity index (χ4n) is 4.42. The Morgan fingerprint density at radius 2 is 1.38 bits per heavy atom. The van der Waals surface area contributed by atoms with Crippen LogP contribution in [0.25, 0.3) is 5.76 Å². The Morgan fingerprint density at radius 1 is 0.811 bits per heavy atom. The number of aliphatic hydroxyl groups is 1. The molecule has 8 nitrogen and oxygen atoms in total. The molecule has 8 heteroatoms. The van der Waals surface area contributed by atoms with Crippen molar-refractivity contribution < 1.29 is 24.2 Å². The summed E-state index contributed by atoms with van der Waals surface area (Å²) in [6.45, 7) is 0. The van der Waals surface area contributed by atoms with Crippen molar-refractivity contribution >= 4 is 34.5 Å². The number of carbonyl (C=O) groups is 2. The average molecular weight is 502 g/mol. The fraction of sp³-hybridized carbons (Fsp3) is 0.241. The number of ketones is 1. The standard InChI is InChI=1S/C29H31N3O5/c1-30(2)19-9-7-18(8-10-19)26-25(27(33)23-17-22(36-5)15-16-24(23)37-6)28(34)29(35)32(26)21-13-11-20(12-14-21)31(3)4/h7-17,26,33H,1-6H3/b27-25+. The highest BCUT2D eigenvalue weighted by Crippen LogP contribution is 2.44. The SMILES string of the molecule is COc1ccc(OC)c(/C(O)=C2\C(=O)C(=O)N(c3ccc(N(C)C)cc3)C2c2ccc(N(C)C)cc2)c1. The summed E-state index contributed by atoms with van der Waals surface area (Å²) < 4.78 is 10.8. The molecule has 0 spiro atoms. The number of hydrogen-bond acceptors (Lipinski definition) is 7. The number of hydrogen-bond donors (Lipinski definition) is 1. The number of nitrogens with zero attached hydrogens (tertiary/aromatic N) is 3. The van der Waals surface area contributed by atoms with Gasteiger partial charge in [0.25, 0.3) is 11.7 Å². The van der Waals surface area contributed by atoms with Crippen molar-refractivity contribution in [3.8, 4) is 11.5 Å². The molecule has 3 aromatic carbocycles. The highest BCUT2D eigenvalue weighted by Gasteiger charge is 2.47. The molecule has 37 heavy (non-hydrogen) atoms. The predicted octanol–water partition coefficient (Wildman–Crippen LogP) is 4.46. The van der Waals surface area contributed by atoms with Gasteiger partial charge in [-0.1, -0.05) is 12.1 Å². The molecule has 192 valence electrons. The van der Waals surface area contributed by atoms with E-state index in [-0.39, 0.29) is 16.9 Å². The van der Waals surface area contributed by atoms with Crippen LogP contribution in [0.5, 0.6) is 11.5 Å². The predicted molar refractivity (Wildman–Crippen MR) is 146 cm³/mol. The van der Waals surface area contributed by atoms with E-state index in [0.717, 1.165) is 11.4 Å². The van der Waals surface area contributed by atoms with Gasteiger partial charge in [-0.3, -0.25) is 14.5 Å². The second kappa shape index (κ2) is 10.3. The molecule has 1 heterocycles. The van der Waals surface area contributed by atoms with Crippen LogP contribution in [0.2, 0.25) is 0 Å². The molecule has 0 aliphatic carbocycles. The minimum atomic E-state index is -0.850. The van der Waals surface area contributed by atoms with Crippen LogP contribution in [-0.4, -0.2) is 59.2 Å². The van der Waals surface area contributed by atoms with Crippen LogP contribution in [0.3, 0.4) is 0 Å². The van der Waals surface area contributed by atoms with Gasteiger partial charge < -0.3 is 24.4 Å². The van der Waals surface area contributed by atoms with E-state index in [0.29, 0.717) is 22.7 Å². The zero-order valence-corrected chi connectivity index (χ0v) is 21.9. The van der Waals surface area contributed by atoms with Gasteiger partial charge in [0.05, 0.1) is 31.4 Å². The lowest BCUT2D eigenvalue weighted by Crippen LogP contribution is -2.29. The molecule has 1 amide bonds. The Hall–Kier alpha value is -4.46. The molecule has 0 saturated carbocycles. The summed E-state index contributed by atoms with van der Waals surface area (Å²) in [5.41, 5.74) is 3.39. The zero-order valence-electron chi connectivity index (χ0n) is 21.9. The van der Waals surface area contributed by atoms with Crippen LogP contribution in [0.15, 0.2) is 72.3 Å². The summed E-state index contributed by atoms with van der Waals surface area (Å²) in [7, 11) is 10.7. The van der Waals surface area contributed by atoms with Gasteiger partial charge in [-0.05, 0) is 60.2 Å². The van der Waals surface area contributed by atoms with E-state index in [1.807, 2.05) is 74.4 Å². The topological polar surface area (TPSA) is 82.5 Å². The van der Waals surface area contributed by atoms with Crippen molar-refractivity contribution in [3.63, 3.8) is 0 Å². The Morgan fingerprint density at radius 3 is 1.89 bits per heavy atom. The normalized spacial score (nSPS) is 16.6. The number of carbonyl (C=O) groups excluding carboxylic acids is 2. The first-order chi connectivity index (χ1) is 17.7. The van der Waals surface area contributed by atoms with Crippen molar-refractivity contribution in [1.82, 2.24) is 0 Å². The summed E-state index contributed by atoms with van der Waals surface area (Å²) in [6.07, 6.45) is 0. The lowest BCUT2D eigenvalue weighted by molar-refractivity contribution is -0.132. The number of amides is 1. The molecule has 1 aliphatic heterocycles. The van der Waals surface area contributed by atoms with Gasteiger partial charge >= 0.3 is 0 Å². The first-order valence-corrected chi connectivity index (χ1v) is 11.8. The van der Waals surface area contributed by atoms with Crippen LogP contribution in [-0.2, 0) is 9.59 Å². The third kappa shape index (κ3) is 4.70. The first kappa shape index (κ1) is 25.6. The van der Waals surface area contributed by atoms with Crippen LogP contribution < -0.4 is 24.2 Å². The van der Waals surface area contributed by atoms with E-state index in [1.54, 1.807) is 30.3 Å². The third-order valence-electron chi connectivity index (χ3n) is 6.48. The van der Waals surface area contributed by atoms with Crippen molar-refractivity contribution in [1.29, 1.82) is 0 Å². The van der Waals surface area contributed by atoms with E-state index in [4.69, 9.17) is 9.47 Å². The number of methoxy groups -OCH3 is 2. The summed E-state index contributed by atoms with van der Waals surface area (Å²) in [6, 6.07) is 19.0. The lowest BCUT2D eigenvalue weighted by Gasteiger charge is -2.26. The van der Waals surface area contributed by atoms with E-state index in [2.05, 4.69) is 0 Å². The number of anilines is 3. The van der Waals surface area contributed by atoms with Gasteiger partial charge in [-0.2, -0.15) is 0 Å². The Balaban J connectivity index is 1.94. The van der Waals surface area contributed by atoms with Crippen molar-refractivity contribution in [2.24, 2.45) is 0 Å². The highest BCUT2D eigenvalue weighted by molar-refractivity contribution is 6.51. The van der Waals surface area contributed by atoms with Crippen molar-refractivity contribution in [2.45, 2.75) is 6.04 Å². The van der Waals surface area contributed by atoms with Gasteiger partial charge in [0, 0.05) is 45.3 Å². The Kier molecular flexibility index (Phi) is 7.11. The monoisotopic (exact) mass is 501 g/mol. The molecule has 1 unspecified atom stereocenters. The highest BCUT2D eigenvalue weighted by atomic mass is 16.5. The number of benzene rings is 3. The third-order valence-corrected chi connectivity index (χ3v) is 6.48. The number of Topliss-reactive ketones (excluding diaryl/α,β-unsaturated/α-hetero) is 1. The van der Waals surface area contributed by atoms with Gasteiger partial charge in [0.15, 0.2) is 0 Å². The van der Waals surface area contributed by atoms with Gasteiger partial charge in [0.2, 0.25) is 0 Å². The molecule has 0 aromatic heterocycles. The van der Waals surface area contributed by atoms with Gasteiger partial charge in [0.1, 0.15) is 17.3 Å². The fourth-order valence-corrected chi connectivity index (χ4v) is 4.42. The molecular weight excluding hydrogens is 470 g/mol. The zero-order chi connectivity index (χ0) is 26.9. The maximum Gasteiger partial charge on any atom is 0.300 e. The summed E-state index contributed by atoms with van der Waals surface area (Å²) in [4.78, 5) is 32.3. The van der Waals surface area contributed by atoms with E-state index in [1.165, 1.54) is 19.1 Å². The molecule has 3 aromatic rings. The van der Waals surface area contributed by atoms with Gasteiger partial charge in [-0.25, -0.2) is 0 Å². The molecule has 1 fully saturated rings. The molecule has 1 N–H and O–H groups in total. The van der Waals surface area contributed by atoms with E-state index >= 15 is 0 Å². The number of aliphatic hydroxyl groups excluding tert-OH is 1. The van der Waals surface area contributed by atoms with Crippen LogP contribution >= 0.6 is 0 Å². The largest absolute Gasteiger partial charge is 0.507 e. The lowest BCUT2D eigenvalue weighted by atomic mass is 9.94. The smallest absolute Gasteiger partial charge is 0.300 e. The molecule has 4 rings (SSSR count). The summed E-state index contributed by atoms with van der Waals surface area (Å²) in [5.74, 6) is -1.00. The minimum absolute atomic E-state index is 0.0224. The van der Waals surface area contributed by atoms with Crippen molar-refractivity contribution in [2.75, 3.05) is 57.1 Å². The van der Waals surface area contributed by atoms with E-state index in [9.17, 15) is 14.7 Å². The van der Waals surface area contributed by atoms with E-state index < -0.39 is 17.7 Å². The average Bonchev–Trinajstić information content (AvgIpc) is 3.17. The molecule has 1 saturated heterocycles. The number of ether oxygens (including phenoxy) is 2. The van der Waals surface area contributed by atoms with Crippen molar-refractivity contribution in [3.05, 3.63) is 83.4 Å². The van der Waals surface area contributed by atoms with Gasteiger partial charge in [-0.15, -0.1) is 0 Å². The summed E-state index contributed by atoms with van der Waals surface area (Å²) >= 11 is 0. The summed E-state index contributed by atoms with van der Waals surface area (Å²) in [5, 5.41) is 11.5. The Bertz CT molecular complexity index is 1340. The first-order valence-electron chi connectivity index (χ1n) is 11.8. The quantitative estimate of drug-likeness (QED) is 0.291. The maximum atomic E-state index is 13.5. The molecule has 1 aliphatic rings. The molecule has 0 bridgehead atoms.